The molecular weight excluding hydrogens is 424 g/mol. The van der Waals surface area contributed by atoms with Crippen molar-refractivity contribution in [2.24, 2.45) is 0 Å². The lowest BCUT2D eigenvalue weighted by atomic mass is 9.99. The Hall–Kier alpha value is -3.84. The number of hydrogen-bond donors (Lipinski definition) is 2. The van der Waals surface area contributed by atoms with Gasteiger partial charge in [-0.05, 0) is 35.2 Å². The molecule has 1 aliphatic rings. The minimum absolute atomic E-state index is 0.102. The second-order valence-corrected chi connectivity index (χ2v) is 8.52. The van der Waals surface area contributed by atoms with E-state index in [9.17, 15) is 14.7 Å². The number of aromatic nitrogens is 1. The zero-order valence-electron chi connectivity index (χ0n) is 17.2. The van der Waals surface area contributed by atoms with Gasteiger partial charge in [-0.3, -0.25) is 9.59 Å². The van der Waals surface area contributed by atoms with Crippen LogP contribution in [0.15, 0.2) is 77.8 Å². The molecule has 0 radical (unpaired) electrons. The summed E-state index contributed by atoms with van der Waals surface area (Å²) in [6.07, 6.45) is 1.67. The summed E-state index contributed by atoms with van der Waals surface area (Å²) >= 11 is 1.44. The maximum Gasteiger partial charge on any atom is 0.295 e. The van der Waals surface area contributed by atoms with Crippen LogP contribution in [0.25, 0.3) is 16.7 Å². The molecule has 0 aliphatic carbocycles. The molecule has 1 atom stereocenters. The number of ketones is 1. The van der Waals surface area contributed by atoms with Gasteiger partial charge in [-0.25, -0.2) is 0 Å². The first-order valence-electron chi connectivity index (χ1n) is 10.1. The van der Waals surface area contributed by atoms with Crippen molar-refractivity contribution in [1.82, 2.24) is 9.88 Å². The molecule has 2 aromatic heterocycles. The smallest absolute Gasteiger partial charge is 0.295 e. The Labute approximate surface area is 188 Å². The molecule has 1 unspecified atom stereocenters. The molecule has 5 rings (SSSR count). The zero-order chi connectivity index (χ0) is 22.2. The highest BCUT2D eigenvalue weighted by molar-refractivity contribution is 7.10. The predicted molar refractivity (Wildman–Crippen MR) is 123 cm³/mol. The minimum atomic E-state index is -0.686. The standard InChI is InChI=1S/C25H20N2O4S/c1-31-16-7-4-6-15(12-16)14-27-22(20-10-5-11-32-20)21(24(29)25(27)30)23(28)18-13-26-19-9-3-2-8-17(18)19/h2-13,22,26,28H,14H2,1H3/b23-21-. The lowest BCUT2D eigenvalue weighted by molar-refractivity contribution is -0.140. The lowest BCUT2D eigenvalue weighted by Gasteiger charge is -2.24. The minimum Gasteiger partial charge on any atom is -0.507 e. The number of likely N-dealkylation sites (tertiary alicyclic amines) is 1. The number of rotatable bonds is 5. The van der Waals surface area contributed by atoms with Crippen LogP contribution in [0.1, 0.15) is 22.0 Å². The first-order chi connectivity index (χ1) is 15.6. The van der Waals surface area contributed by atoms with Crippen molar-refractivity contribution >= 4 is 39.7 Å². The van der Waals surface area contributed by atoms with Crippen molar-refractivity contribution in [2.45, 2.75) is 12.6 Å². The van der Waals surface area contributed by atoms with Crippen LogP contribution in [0.4, 0.5) is 0 Å². The van der Waals surface area contributed by atoms with Gasteiger partial charge in [0.15, 0.2) is 0 Å². The molecule has 160 valence electrons. The Bertz CT molecular complexity index is 1350. The second-order valence-electron chi connectivity index (χ2n) is 7.54. The number of benzene rings is 2. The maximum atomic E-state index is 13.2. The molecule has 3 heterocycles. The van der Waals surface area contributed by atoms with Gasteiger partial charge in [0.05, 0.1) is 18.7 Å². The largest absolute Gasteiger partial charge is 0.507 e. The quantitative estimate of drug-likeness (QED) is 0.262. The van der Waals surface area contributed by atoms with Crippen molar-refractivity contribution in [3.63, 3.8) is 0 Å². The average Bonchev–Trinajstić information content (AvgIpc) is 3.54. The van der Waals surface area contributed by atoms with Crippen LogP contribution in [-0.4, -0.2) is 33.8 Å². The van der Waals surface area contributed by atoms with Gasteiger partial charge in [-0.1, -0.05) is 36.4 Å². The number of Topliss-reactive ketones (excluding diaryl/α,β-unsaturated/α-hetero) is 1. The number of methoxy groups -OCH3 is 1. The molecule has 4 aromatic rings. The number of carbonyl (C=O) groups is 2. The van der Waals surface area contributed by atoms with Gasteiger partial charge in [0, 0.05) is 34.1 Å². The van der Waals surface area contributed by atoms with E-state index in [2.05, 4.69) is 4.98 Å². The number of ether oxygens (including phenoxy) is 1. The van der Waals surface area contributed by atoms with E-state index in [1.165, 1.54) is 16.2 Å². The van der Waals surface area contributed by atoms with E-state index in [0.29, 0.717) is 11.3 Å². The van der Waals surface area contributed by atoms with Crippen molar-refractivity contribution in [3.05, 3.63) is 93.8 Å². The first-order valence-corrected chi connectivity index (χ1v) is 11.0. The van der Waals surface area contributed by atoms with Crippen LogP contribution in [0.3, 0.4) is 0 Å². The van der Waals surface area contributed by atoms with Crippen LogP contribution in [0, 0.1) is 0 Å². The van der Waals surface area contributed by atoms with Gasteiger partial charge in [0.1, 0.15) is 11.5 Å². The molecule has 1 aliphatic heterocycles. The van der Waals surface area contributed by atoms with Gasteiger partial charge in [0.25, 0.3) is 11.7 Å². The molecular formula is C25H20N2O4S. The fraction of sp³-hybridized carbons (Fsp3) is 0.120. The number of carbonyl (C=O) groups excluding carboxylic acids is 2. The Kier molecular flexibility index (Phi) is 5.03. The predicted octanol–water partition coefficient (Wildman–Crippen LogP) is 4.86. The number of nitrogens with zero attached hydrogens (tertiary/aromatic N) is 1. The van der Waals surface area contributed by atoms with E-state index in [0.717, 1.165) is 21.3 Å². The average molecular weight is 445 g/mol. The summed E-state index contributed by atoms with van der Waals surface area (Å²) in [6.45, 7) is 0.217. The number of fused-ring (bicyclic) bond motifs is 1. The number of hydrogen-bond acceptors (Lipinski definition) is 5. The van der Waals surface area contributed by atoms with E-state index in [1.807, 2.05) is 66.0 Å². The summed E-state index contributed by atoms with van der Waals surface area (Å²) in [5, 5.41) is 14.0. The van der Waals surface area contributed by atoms with Crippen LogP contribution < -0.4 is 4.74 Å². The van der Waals surface area contributed by atoms with Crippen LogP contribution in [-0.2, 0) is 16.1 Å². The second kappa shape index (κ2) is 8.01. The maximum absolute atomic E-state index is 13.2. The molecule has 2 aromatic carbocycles. The molecule has 0 saturated carbocycles. The molecule has 2 N–H and O–H groups in total. The van der Waals surface area contributed by atoms with Crippen LogP contribution >= 0.6 is 11.3 Å². The van der Waals surface area contributed by atoms with Crippen molar-refractivity contribution in [3.8, 4) is 5.75 Å². The normalized spacial score (nSPS) is 17.9. The molecule has 0 spiro atoms. The van der Waals surface area contributed by atoms with Crippen molar-refractivity contribution in [2.75, 3.05) is 7.11 Å². The fourth-order valence-electron chi connectivity index (χ4n) is 4.17. The highest BCUT2D eigenvalue weighted by Gasteiger charge is 2.46. The molecule has 7 heteroatoms. The number of H-pyrrole nitrogens is 1. The van der Waals surface area contributed by atoms with Crippen LogP contribution in [0.5, 0.6) is 5.75 Å². The van der Waals surface area contributed by atoms with E-state index in [1.54, 1.807) is 13.3 Å². The van der Waals surface area contributed by atoms with Crippen LogP contribution in [0.2, 0.25) is 0 Å². The van der Waals surface area contributed by atoms with E-state index >= 15 is 0 Å². The summed E-state index contributed by atoms with van der Waals surface area (Å²) in [6, 6.07) is 18.0. The van der Waals surface area contributed by atoms with Gasteiger partial charge in [0.2, 0.25) is 0 Å². The van der Waals surface area contributed by atoms with Gasteiger partial charge in [-0.2, -0.15) is 0 Å². The molecule has 32 heavy (non-hydrogen) atoms. The zero-order valence-corrected chi connectivity index (χ0v) is 18.1. The third-order valence-electron chi connectivity index (χ3n) is 5.68. The fourth-order valence-corrected chi connectivity index (χ4v) is 5.01. The van der Waals surface area contributed by atoms with E-state index in [-0.39, 0.29) is 17.9 Å². The number of aromatic amines is 1. The molecule has 1 saturated heterocycles. The lowest BCUT2D eigenvalue weighted by Crippen LogP contribution is -2.28. The Morgan fingerprint density at radius 2 is 1.97 bits per heavy atom. The van der Waals surface area contributed by atoms with E-state index < -0.39 is 17.7 Å². The Morgan fingerprint density at radius 1 is 1.12 bits per heavy atom. The highest BCUT2D eigenvalue weighted by Crippen LogP contribution is 2.42. The summed E-state index contributed by atoms with van der Waals surface area (Å²) in [5.41, 5.74) is 2.28. The van der Waals surface area contributed by atoms with Gasteiger partial charge >= 0.3 is 0 Å². The SMILES string of the molecule is COc1cccc(CN2C(=O)C(=O)/C(=C(\O)c3c[nH]c4ccccc34)C2c2cccs2)c1. The highest BCUT2D eigenvalue weighted by atomic mass is 32.1. The summed E-state index contributed by atoms with van der Waals surface area (Å²) in [4.78, 5) is 31.7. The Morgan fingerprint density at radius 3 is 2.75 bits per heavy atom. The monoisotopic (exact) mass is 444 g/mol. The number of aliphatic hydroxyl groups excluding tert-OH is 1. The van der Waals surface area contributed by atoms with E-state index in [4.69, 9.17) is 4.74 Å². The third-order valence-corrected chi connectivity index (χ3v) is 6.61. The number of amides is 1. The Balaban J connectivity index is 1.64. The summed E-state index contributed by atoms with van der Waals surface area (Å²) in [7, 11) is 1.58. The topological polar surface area (TPSA) is 82.6 Å². The molecule has 1 amide bonds. The number of aliphatic hydroxyl groups is 1. The molecule has 0 bridgehead atoms. The number of thiophene rings is 1. The summed E-state index contributed by atoms with van der Waals surface area (Å²) < 4.78 is 5.29. The first kappa shape index (κ1) is 20.1. The number of nitrogens with one attached hydrogen (secondary N) is 1. The van der Waals surface area contributed by atoms with Crippen molar-refractivity contribution < 1.29 is 19.4 Å². The number of para-hydroxylation sites is 1. The molecule has 6 nitrogen and oxygen atoms in total. The van der Waals surface area contributed by atoms with Crippen molar-refractivity contribution in [1.29, 1.82) is 0 Å². The third kappa shape index (κ3) is 3.27. The molecule has 1 fully saturated rings. The van der Waals surface area contributed by atoms with Gasteiger partial charge in [-0.15, -0.1) is 11.3 Å². The summed E-state index contributed by atoms with van der Waals surface area (Å²) in [5.74, 6) is -0.820. The van der Waals surface area contributed by atoms with Gasteiger partial charge < -0.3 is 19.7 Å².